The number of methoxy groups -OCH3 is 1. The van der Waals surface area contributed by atoms with Crippen LogP contribution in [0.5, 0.6) is 0 Å². The number of piperidine rings is 1. The van der Waals surface area contributed by atoms with E-state index >= 15 is 0 Å². The van der Waals surface area contributed by atoms with Gasteiger partial charge in [-0.1, -0.05) is 18.2 Å². The highest BCUT2D eigenvalue weighted by Crippen LogP contribution is 2.38. The van der Waals surface area contributed by atoms with E-state index in [4.69, 9.17) is 9.47 Å². The maximum Gasteiger partial charge on any atom is 0.410 e. The Labute approximate surface area is 173 Å². The number of carbonyl (C=O) groups is 2. The summed E-state index contributed by atoms with van der Waals surface area (Å²) in [6.45, 7) is 7.88. The summed E-state index contributed by atoms with van der Waals surface area (Å²) in [4.78, 5) is 26.3. The van der Waals surface area contributed by atoms with Crippen LogP contribution in [-0.4, -0.2) is 49.3 Å². The van der Waals surface area contributed by atoms with E-state index in [0.29, 0.717) is 31.3 Å². The van der Waals surface area contributed by atoms with Crippen LogP contribution in [0.1, 0.15) is 45.6 Å². The maximum atomic E-state index is 12.4. The quantitative estimate of drug-likeness (QED) is 0.768. The number of para-hydroxylation sites is 1. The molecule has 1 saturated heterocycles. The molecule has 1 fully saturated rings. The Bertz CT molecular complexity index is 720. The van der Waals surface area contributed by atoms with Crippen LogP contribution in [0, 0.1) is 17.8 Å². The van der Waals surface area contributed by atoms with Gasteiger partial charge in [-0.2, -0.15) is 0 Å². The third-order valence-corrected chi connectivity index (χ3v) is 6.09. The fraction of sp³-hybridized carbons (Fsp3) is 0.652. The summed E-state index contributed by atoms with van der Waals surface area (Å²) in [6.07, 6.45) is 2.94. The Morgan fingerprint density at radius 3 is 2.52 bits per heavy atom. The number of nitrogens with zero attached hydrogens (tertiary/aromatic N) is 1. The predicted octanol–water partition coefficient (Wildman–Crippen LogP) is 4.10. The number of likely N-dealkylation sites (tertiary alicyclic amines) is 1. The molecule has 1 aromatic carbocycles. The summed E-state index contributed by atoms with van der Waals surface area (Å²) in [5, 5.41) is 3.54. The van der Waals surface area contributed by atoms with Crippen molar-refractivity contribution in [2.24, 2.45) is 17.8 Å². The molecule has 2 aliphatic heterocycles. The standard InChI is InChI=1S/C23H34N2O4/c1-23(2,3)29-22(27)25-11-9-16(10-12-25)19(14-21(26)28-4)18-13-17-7-5-6-8-20(17)24-15-18/h5-8,16,18-19,24H,9-15H2,1-4H3. The molecule has 0 spiro atoms. The lowest BCUT2D eigenvalue weighted by molar-refractivity contribution is -0.143. The first-order valence-electron chi connectivity index (χ1n) is 10.6. The Balaban J connectivity index is 1.66. The normalized spacial score (nSPS) is 21.0. The van der Waals surface area contributed by atoms with E-state index in [0.717, 1.165) is 25.8 Å². The first kappa shape index (κ1) is 21.5. The van der Waals surface area contributed by atoms with E-state index in [1.54, 1.807) is 4.90 Å². The number of benzene rings is 1. The van der Waals surface area contributed by atoms with Gasteiger partial charge in [-0.05, 0) is 69.4 Å². The lowest BCUT2D eigenvalue weighted by Crippen LogP contribution is -2.45. The molecule has 29 heavy (non-hydrogen) atoms. The van der Waals surface area contributed by atoms with Gasteiger partial charge < -0.3 is 19.7 Å². The molecule has 2 unspecified atom stereocenters. The number of carbonyl (C=O) groups excluding carboxylic acids is 2. The van der Waals surface area contributed by atoms with Gasteiger partial charge >= 0.3 is 12.1 Å². The SMILES string of the molecule is COC(=O)CC(C1CCN(C(=O)OC(C)(C)C)CC1)C1CNc2ccccc2C1. The molecule has 1 amide bonds. The highest BCUT2D eigenvalue weighted by Gasteiger charge is 2.37. The van der Waals surface area contributed by atoms with Crippen molar-refractivity contribution in [2.45, 2.75) is 52.1 Å². The molecular weight excluding hydrogens is 368 g/mol. The van der Waals surface area contributed by atoms with Crippen LogP contribution in [0.3, 0.4) is 0 Å². The lowest BCUT2D eigenvalue weighted by atomic mass is 9.72. The van der Waals surface area contributed by atoms with Gasteiger partial charge in [0.15, 0.2) is 0 Å². The van der Waals surface area contributed by atoms with Gasteiger partial charge in [0.25, 0.3) is 0 Å². The number of hydrogen-bond acceptors (Lipinski definition) is 5. The number of nitrogens with one attached hydrogen (secondary N) is 1. The fourth-order valence-electron chi connectivity index (χ4n) is 4.60. The van der Waals surface area contributed by atoms with Gasteiger partial charge in [0.1, 0.15) is 5.60 Å². The number of amides is 1. The molecule has 160 valence electrons. The number of ether oxygens (including phenoxy) is 2. The molecule has 0 aromatic heterocycles. The summed E-state index contributed by atoms with van der Waals surface area (Å²) >= 11 is 0. The van der Waals surface area contributed by atoms with E-state index in [-0.39, 0.29) is 18.0 Å². The van der Waals surface area contributed by atoms with E-state index in [9.17, 15) is 9.59 Å². The number of esters is 1. The summed E-state index contributed by atoms with van der Waals surface area (Å²) < 4.78 is 10.5. The fourth-order valence-corrected chi connectivity index (χ4v) is 4.60. The Hall–Kier alpha value is -2.24. The highest BCUT2D eigenvalue weighted by molar-refractivity contribution is 5.70. The minimum atomic E-state index is -0.484. The molecule has 1 N–H and O–H groups in total. The molecule has 3 rings (SSSR count). The topological polar surface area (TPSA) is 67.9 Å². The lowest BCUT2D eigenvalue weighted by Gasteiger charge is -2.41. The Morgan fingerprint density at radius 1 is 1.17 bits per heavy atom. The van der Waals surface area contributed by atoms with Gasteiger partial charge in [0.2, 0.25) is 0 Å². The maximum absolute atomic E-state index is 12.4. The van der Waals surface area contributed by atoms with Crippen molar-refractivity contribution in [3.63, 3.8) is 0 Å². The van der Waals surface area contributed by atoms with Gasteiger partial charge in [0.05, 0.1) is 7.11 Å². The summed E-state index contributed by atoms with van der Waals surface area (Å²) in [6, 6.07) is 8.39. The largest absolute Gasteiger partial charge is 0.469 e. The van der Waals surface area contributed by atoms with E-state index in [1.165, 1.54) is 18.4 Å². The van der Waals surface area contributed by atoms with Crippen LogP contribution < -0.4 is 5.32 Å². The van der Waals surface area contributed by atoms with Crippen LogP contribution in [0.4, 0.5) is 10.5 Å². The number of rotatable bonds is 4. The first-order chi connectivity index (χ1) is 13.8. The second-order valence-electron chi connectivity index (χ2n) is 9.25. The van der Waals surface area contributed by atoms with Gasteiger partial charge in [-0.15, -0.1) is 0 Å². The molecule has 2 heterocycles. The third-order valence-electron chi connectivity index (χ3n) is 6.09. The molecule has 0 radical (unpaired) electrons. The van der Waals surface area contributed by atoms with Crippen molar-refractivity contribution in [1.29, 1.82) is 0 Å². The minimum absolute atomic E-state index is 0.150. The summed E-state index contributed by atoms with van der Waals surface area (Å²) in [5.41, 5.74) is 2.02. The van der Waals surface area contributed by atoms with Crippen LogP contribution in [-0.2, 0) is 20.7 Å². The third kappa shape index (κ3) is 5.64. The molecule has 0 bridgehead atoms. The summed E-state index contributed by atoms with van der Waals surface area (Å²) in [7, 11) is 1.46. The average molecular weight is 403 g/mol. The predicted molar refractivity (Wildman–Crippen MR) is 113 cm³/mol. The molecule has 6 nitrogen and oxygen atoms in total. The molecule has 1 aromatic rings. The second-order valence-corrected chi connectivity index (χ2v) is 9.25. The first-order valence-corrected chi connectivity index (χ1v) is 10.6. The van der Waals surface area contributed by atoms with Crippen molar-refractivity contribution in [1.82, 2.24) is 4.90 Å². The van der Waals surface area contributed by atoms with E-state index in [2.05, 4.69) is 23.5 Å². The van der Waals surface area contributed by atoms with E-state index in [1.807, 2.05) is 26.8 Å². The van der Waals surface area contributed by atoms with Crippen molar-refractivity contribution in [3.05, 3.63) is 29.8 Å². The van der Waals surface area contributed by atoms with Crippen LogP contribution in [0.15, 0.2) is 24.3 Å². The number of fused-ring (bicyclic) bond motifs is 1. The molecule has 0 saturated carbocycles. The molecular formula is C23H34N2O4. The van der Waals surface area contributed by atoms with Gasteiger partial charge in [-0.25, -0.2) is 4.79 Å². The molecule has 2 atom stereocenters. The zero-order chi connectivity index (χ0) is 21.0. The van der Waals surface area contributed by atoms with Crippen LogP contribution in [0.25, 0.3) is 0 Å². The average Bonchev–Trinajstić information content (AvgIpc) is 2.70. The van der Waals surface area contributed by atoms with Crippen LogP contribution >= 0.6 is 0 Å². The van der Waals surface area contributed by atoms with E-state index < -0.39 is 5.60 Å². The molecule has 6 heteroatoms. The zero-order valence-corrected chi connectivity index (χ0v) is 18.1. The monoisotopic (exact) mass is 402 g/mol. The summed E-state index contributed by atoms with van der Waals surface area (Å²) in [5.74, 6) is 0.861. The Kier molecular flexibility index (Phi) is 6.70. The highest BCUT2D eigenvalue weighted by atomic mass is 16.6. The smallest absolute Gasteiger partial charge is 0.410 e. The second kappa shape index (κ2) is 9.06. The zero-order valence-electron chi connectivity index (χ0n) is 18.1. The van der Waals surface area contributed by atoms with Crippen molar-refractivity contribution >= 4 is 17.7 Å². The Morgan fingerprint density at radius 2 is 1.86 bits per heavy atom. The van der Waals surface area contributed by atoms with Gasteiger partial charge in [-0.3, -0.25) is 4.79 Å². The number of anilines is 1. The van der Waals surface area contributed by atoms with Crippen molar-refractivity contribution < 1.29 is 19.1 Å². The molecule has 0 aliphatic carbocycles. The van der Waals surface area contributed by atoms with Crippen molar-refractivity contribution in [3.8, 4) is 0 Å². The minimum Gasteiger partial charge on any atom is -0.469 e. The van der Waals surface area contributed by atoms with Gasteiger partial charge in [0, 0.05) is 31.7 Å². The number of hydrogen-bond donors (Lipinski definition) is 1. The van der Waals surface area contributed by atoms with Crippen molar-refractivity contribution in [2.75, 3.05) is 32.1 Å². The molecule has 2 aliphatic rings. The van der Waals surface area contributed by atoms with Crippen LogP contribution in [0.2, 0.25) is 0 Å².